The SMILES string of the molecule is C=CCNC(=NCC(=O)N(C)C)NC1CN(C(=O)OC(C)(C)C)C[C@@H]1OC. The number of rotatable bonds is 6. The molecule has 1 aliphatic rings. The summed E-state index contributed by atoms with van der Waals surface area (Å²) in [6.45, 7) is 10.5. The summed E-state index contributed by atoms with van der Waals surface area (Å²) >= 11 is 0. The van der Waals surface area contributed by atoms with Gasteiger partial charge in [-0.2, -0.15) is 0 Å². The summed E-state index contributed by atoms with van der Waals surface area (Å²) in [4.78, 5) is 31.5. The predicted octanol–water partition coefficient (Wildman–Crippen LogP) is 0.430. The number of likely N-dealkylation sites (N-methyl/N-ethyl adjacent to an activating group) is 1. The first-order valence-corrected chi connectivity index (χ1v) is 8.94. The first-order chi connectivity index (χ1) is 12.6. The molecule has 0 saturated carbocycles. The number of nitrogens with zero attached hydrogens (tertiary/aromatic N) is 3. The Morgan fingerprint density at radius 2 is 2.00 bits per heavy atom. The van der Waals surface area contributed by atoms with Gasteiger partial charge in [0.15, 0.2) is 5.96 Å². The molecule has 1 unspecified atom stereocenters. The van der Waals surface area contributed by atoms with Gasteiger partial charge in [0.25, 0.3) is 0 Å². The van der Waals surface area contributed by atoms with Gasteiger partial charge in [0.05, 0.1) is 18.7 Å². The van der Waals surface area contributed by atoms with E-state index < -0.39 is 5.60 Å². The molecule has 0 bridgehead atoms. The highest BCUT2D eigenvalue weighted by atomic mass is 16.6. The van der Waals surface area contributed by atoms with Gasteiger partial charge in [-0.05, 0) is 20.8 Å². The van der Waals surface area contributed by atoms with Crippen molar-refractivity contribution in [2.75, 3.05) is 47.4 Å². The van der Waals surface area contributed by atoms with Crippen LogP contribution < -0.4 is 10.6 Å². The summed E-state index contributed by atoms with van der Waals surface area (Å²) in [5, 5.41) is 6.32. The summed E-state index contributed by atoms with van der Waals surface area (Å²) < 4.78 is 10.9. The van der Waals surface area contributed by atoms with Crippen molar-refractivity contribution in [3.8, 4) is 0 Å². The van der Waals surface area contributed by atoms with Crippen molar-refractivity contribution in [2.45, 2.75) is 38.5 Å². The van der Waals surface area contributed by atoms with Crippen molar-refractivity contribution in [3.63, 3.8) is 0 Å². The number of likely N-dealkylation sites (tertiary alicyclic amines) is 1. The Kier molecular flexibility index (Phi) is 8.55. The minimum atomic E-state index is -0.560. The summed E-state index contributed by atoms with van der Waals surface area (Å²) in [5.41, 5.74) is -0.560. The molecule has 1 fully saturated rings. The highest BCUT2D eigenvalue weighted by Crippen LogP contribution is 2.17. The third-order valence-corrected chi connectivity index (χ3v) is 3.83. The van der Waals surface area contributed by atoms with Crippen molar-refractivity contribution < 1.29 is 19.1 Å². The summed E-state index contributed by atoms with van der Waals surface area (Å²) in [6.07, 6.45) is 1.09. The summed E-state index contributed by atoms with van der Waals surface area (Å²) in [5.74, 6) is 0.350. The molecule has 154 valence electrons. The fourth-order valence-electron chi connectivity index (χ4n) is 2.41. The third-order valence-electron chi connectivity index (χ3n) is 3.83. The smallest absolute Gasteiger partial charge is 0.410 e. The van der Waals surface area contributed by atoms with E-state index >= 15 is 0 Å². The van der Waals surface area contributed by atoms with Gasteiger partial charge in [0.2, 0.25) is 5.91 Å². The number of aliphatic imine (C=N–C) groups is 1. The Labute approximate surface area is 161 Å². The fraction of sp³-hybridized carbons (Fsp3) is 0.722. The molecule has 0 radical (unpaired) electrons. The van der Waals surface area contributed by atoms with Crippen LogP contribution in [-0.4, -0.2) is 92.9 Å². The molecule has 1 rings (SSSR count). The van der Waals surface area contributed by atoms with Crippen molar-refractivity contribution in [3.05, 3.63) is 12.7 Å². The summed E-state index contributed by atoms with van der Waals surface area (Å²) in [7, 11) is 4.96. The normalized spacial score (nSPS) is 20.2. The van der Waals surface area contributed by atoms with E-state index in [0.29, 0.717) is 25.6 Å². The number of ether oxygens (including phenoxy) is 2. The van der Waals surface area contributed by atoms with E-state index in [1.54, 1.807) is 32.2 Å². The van der Waals surface area contributed by atoms with Crippen molar-refractivity contribution in [1.29, 1.82) is 0 Å². The molecule has 1 aliphatic heterocycles. The van der Waals surface area contributed by atoms with Crippen LogP contribution in [0.2, 0.25) is 0 Å². The summed E-state index contributed by atoms with van der Waals surface area (Å²) in [6, 6.07) is -0.187. The first kappa shape index (κ1) is 22.8. The Morgan fingerprint density at radius 1 is 1.33 bits per heavy atom. The highest BCUT2D eigenvalue weighted by molar-refractivity contribution is 5.85. The van der Waals surface area contributed by atoms with Gasteiger partial charge in [-0.3, -0.25) is 4.79 Å². The Bertz CT molecular complexity index is 556. The van der Waals surface area contributed by atoms with Crippen LogP contribution in [0.5, 0.6) is 0 Å². The van der Waals surface area contributed by atoms with E-state index in [-0.39, 0.29) is 30.7 Å². The molecule has 2 N–H and O–H groups in total. The number of hydrogen-bond donors (Lipinski definition) is 2. The van der Waals surface area contributed by atoms with Crippen LogP contribution in [0.25, 0.3) is 0 Å². The maximum atomic E-state index is 12.3. The number of nitrogens with one attached hydrogen (secondary N) is 2. The molecular weight excluding hydrogens is 350 g/mol. The molecule has 0 aromatic rings. The molecular formula is C18H33N5O4. The van der Waals surface area contributed by atoms with Gasteiger partial charge >= 0.3 is 6.09 Å². The second-order valence-corrected chi connectivity index (χ2v) is 7.53. The topological polar surface area (TPSA) is 95.5 Å². The Morgan fingerprint density at radius 3 is 2.52 bits per heavy atom. The average molecular weight is 383 g/mol. The van der Waals surface area contributed by atoms with Crippen molar-refractivity contribution in [2.24, 2.45) is 4.99 Å². The number of amides is 2. The van der Waals surface area contributed by atoms with E-state index in [1.165, 1.54) is 4.90 Å². The van der Waals surface area contributed by atoms with Crippen LogP contribution in [0.1, 0.15) is 20.8 Å². The molecule has 1 saturated heterocycles. The molecule has 0 aliphatic carbocycles. The zero-order valence-electron chi connectivity index (χ0n) is 17.2. The van der Waals surface area contributed by atoms with Crippen LogP contribution in [-0.2, 0) is 14.3 Å². The Hall–Kier alpha value is -2.29. The second-order valence-electron chi connectivity index (χ2n) is 7.53. The van der Waals surface area contributed by atoms with Gasteiger partial charge in [-0.25, -0.2) is 9.79 Å². The van der Waals surface area contributed by atoms with Gasteiger partial charge in [0, 0.05) is 34.3 Å². The lowest BCUT2D eigenvalue weighted by Crippen LogP contribution is -2.49. The molecule has 2 atom stereocenters. The van der Waals surface area contributed by atoms with Crippen LogP contribution in [0.15, 0.2) is 17.6 Å². The van der Waals surface area contributed by atoms with Crippen molar-refractivity contribution in [1.82, 2.24) is 20.4 Å². The number of hydrogen-bond acceptors (Lipinski definition) is 5. The van der Waals surface area contributed by atoms with E-state index in [4.69, 9.17) is 9.47 Å². The van der Waals surface area contributed by atoms with Crippen LogP contribution in [0, 0.1) is 0 Å². The fourth-order valence-corrected chi connectivity index (χ4v) is 2.41. The number of guanidine groups is 1. The molecule has 0 aromatic heterocycles. The van der Waals surface area contributed by atoms with Gasteiger partial charge in [-0.15, -0.1) is 6.58 Å². The molecule has 1 heterocycles. The van der Waals surface area contributed by atoms with Gasteiger partial charge in [-0.1, -0.05) is 6.08 Å². The molecule has 9 heteroatoms. The average Bonchev–Trinajstić information content (AvgIpc) is 2.98. The van der Waals surface area contributed by atoms with Gasteiger partial charge in [0.1, 0.15) is 12.1 Å². The van der Waals surface area contributed by atoms with E-state index in [0.717, 1.165) is 0 Å². The minimum absolute atomic E-state index is 0.0135. The molecule has 0 aromatic carbocycles. The van der Waals surface area contributed by atoms with Crippen LogP contribution in [0.4, 0.5) is 4.79 Å². The van der Waals surface area contributed by atoms with E-state index in [9.17, 15) is 9.59 Å². The number of carbonyl (C=O) groups is 2. The minimum Gasteiger partial charge on any atom is -0.444 e. The maximum Gasteiger partial charge on any atom is 0.410 e. The van der Waals surface area contributed by atoms with Gasteiger partial charge < -0.3 is 29.9 Å². The van der Waals surface area contributed by atoms with Crippen LogP contribution >= 0.6 is 0 Å². The lowest BCUT2D eigenvalue weighted by molar-refractivity contribution is -0.127. The van der Waals surface area contributed by atoms with E-state index in [1.807, 2.05) is 20.8 Å². The molecule has 0 spiro atoms. The van der Waals surface area contributed by atoms with Crippen LogP contribution in [0.3, 0.4) is 0 Å². The monoisotopic (exact) mass is 383 g/mol. The third kappa shape index (κ3) is 7.86. The molecule has 2 amide bonds. The number of carbonyl (C=O) groups excluding carboxylic acids is 2. The number of methoxy groups -OCH3 is 1. The predicted molar refractivity (Wildman–Crippen MR) is 105 cm³/mol. The standard InChI is InChI=1S/C18H33N5O4/c1-8-9-19-16(20-10-15(24)22(5)6)21-13-11-23(12-14(13)26-7)17(25)27-18(2,3)4/h8,13-14H,1,9-12H2,2-7H3,(H2,19,20,21)/t13?,14-/m0/s1. The Balaban J connectivity index is 2.80. The highest BCUT2D eigenvalue weighted by Gasteiger charge is 2.37. The molecule has 9 nitrogen and oxygen atoms in total. The quantitative estimate of drug-likeness (QED) is 0.392. The zero-order valence-corrected chi connectivity index (χ0v) is 17.2. The first-order valence-electron chi connectivity index (χ1n) is 8.94. The van der Waals surface area contributed by atoms with E-state index in [2.05, 4.69) is 22.2 Å². The maximum absolute atomic E-state index is 12.3. The largest absolute Gasteiger partial charge is 0.444 e. The van der Waals surface area contributed by atoms with Crippen molar-refractivity contribution >= 4 is 18.0 Å². The lowest BCUT2D eigenvalue weighted by Gasteiger charge is -2.24. The second kappa shape index (κ2) is 10.1. The zero-order chi connectivity index (χ0) is 20.6. The molecule has 27 heavy (non-hydrogen) atoms. The lowest BCUT2D eigenvalue weighted by atomic mass is 10.2.